The van der Waals surface area contributed by atoms with Crippen molar-refractivity contribution in [3.8, 4) is 0 Å². The van der Waals surface area contributed by atoms with E-state index in [1.54, 1.807) is 12.1 Å². The van der Waals surface area contributed by atoms with Crippen molar-refractivity contribution in [2.45, 2.75) is 9.79 Å². The maximum absolute atomic E-state index is 12.2. The van der Waals surface area contributed by atoms with Crippen LogP contribution >= 0.6 is 27.5 Å². The first-order valence-electron chi connectivity index (χ1n) is 5.87. The van der Waals surface area contributed by atoms with E-state index in [2.05, 4.69) is 20.7 Å². The summed E-state index contributed by atoms with van der Waals surface area (Å²) >= 11 is 9.13. The highest BCUT2D eigenvalue weighted by Crippen LogP contribution is 2.27. The molecule has 0 aliphatic heterocycles. The first kappa shape index (κ1) is 17.3. The molecule has 0 spiro atoms. The van der Waals surface area contributed by atoms with Crippen LogP contribution in [0.3, 0.4) is 0 Å². The maximum Gasteiger partial charge on any atom is 0.261 e. The minimum absolute atomic E-state index is 0.0426. The zero-order valence-corrected chi connectivity index (χ0v) is 15.2. The topological polar surface area (TPSA) is 80.3 Å². The van der Waals surface area contributed by atoms with Crippen molar-refractivity contribution in [2.75, 3.05) is 11.0 Å². The van der Waals surface area contributed by atoms with Crippen molar-refractivity contribution in [3.05, 3.63) is 52.0 Å². The Morgan fingerprint density at radius 2 is 1.50 bits per heavy atom. The number of nitrogens with one attached hydrogen (secondary N) is 1. The Bertz CT molecular complexity index is 910. The summed E-state index contributed by atoms with van der Waals surface area (Å²) in [6, 6.07) is 9.61. The smallest absolute Gasteiger partial charge is 0.261 e. The predicted octanol–water partition coefficient (Wildman–Crippen LogP) is 3.31. The Morgan fingerprint density at radius 3 is 2.00 bits per heavy atom. The molecular formula is C13H11BrClNO4S2. The van der Waals surface area contributed by atoms with Gasteiger partial charge >= 0.3 is 0 Å². The van der Waals surface area contributed by atoms with E-state index in [1.165, 1.54) is 30.3 Å². The second-order valence-corrected chi connectivity index (χ2v) is 9.44. The molecule has 0 atom stereocenters. The van der Waals surface area contributed by atoms with E-state index in [1.807, 2.05) is 0 Å². The van der Waals surface area contributed by atoms with E-state index in [0.717, 1.165) is 6.26 Å². The monoisotopic (exact) mass is 423 g/mol. The molecular weight excluding hydrogens is 414 g/mol. The lowest BCUT2D eigenvalue weighted by molar-refractivity contribution is 0.597. The van der Waals surface area contributed by atoms with Gasteiger partial charge in [0.1, 0.15) is 0 Å². The molecule has 0 saturated carbocycles. The van der Waals surface area contributed by atoms with Gasteiger partial charge in [-0.15, -0.1) is 0 Å². The van der Waals surface area contributed by atoms with Gasteiger partial charge in [0.15, 0.2) is 9.84 Å². The molecule has 118 valence electrons. The largest absolute Gasteiger partial charge is 0.280 e. The van der Waals surface area contributed by atoms with E-state index in [9.17, 15) is 16.8 Å². The van der Waals surface area contributed by atoms with Crippen LogP contribution in [0, 0.1) is 0 Å². The molecule has 0 unspecified atom stereocenters. The Balaban J connectivity index is 2.32. The van der Waals surface area contributed by atoms with Gasteiger partial charge in [-0.25, -0.2) is 16.8 Å². The summed E-state index contributed by atoms with van der Waals surface area (Å²) in [6.45, 7) is 0. The molecule has 1 N–H and O–H groups in total. The van der Waals surface area contributed by atoms with Crippen molar-refractivity contribution in [1.29, 1.82) is 0 Å². The standard InChI is InChI=1S/C13H11BrClNO4S2/c1-21(17,18)10-3-5-11(6-4-10)22(19,20)16-9-2-7-12(14)13(15)8-9/h2-8,16H,1H3. The summed E-state index contributed by atoms with van der Waals surface area (Å²) in [5.41, 5.74) is 0.306. The van der Waals surface area contributed by atoms with Crippen LogP contribution in [0.4, 0.5) is 5.69 Å². The number of halogens is 2. The zero-order valence-electron chi connectivity index (χ0n) is 11.2. The fraction of sp³-hybridized carbons (Fsp3) is 0.0769. The molecule has 2 aromatic carbocycles. The molecule has 0 radical (unpaired) electrons. The quantitative estimate of drug-likeness (QED) is 0.816. The van der Waals surface area contributed by atoms with Gasteiger partial charge in [0.05, 0.1) is 20.5 Å². The second-order valence-electron chi connectivity index (χ2n) is 4.48. The average Bonchev–Trinajstić information content (AvgIpc) is 2.42. The van der Waals surface area contributed by atoms with Crippen LogP contribution in [0.2, 0.25) is 5.02 Å². The number of sulfonamides is 1. The third kappa shape index (κ3) is 4.01. The first-order chi connectivity index (χ1) is 10.1. The van der Waals surface area contributed by atoms with E-state index in [4.69, 9.17) is 11.6 Å². The molecule has 0 aromatic heterocycles. The summed E-state index contributed by atoms with van der Waals surface area (Å²) in [7, 11) is -7.20. The number of rotatable bonds is 4. The lowest BCUT2D eigenvalue weighted by Crippen LogP contribution is -2.13. The van der Waals surface area contributed by atoms with Gasteiger partial charge in [-0.05, 0) is 58.4 Å². The predicted molar refractivity (Wildman–Crippen MR) is 89.5 cm³/mol. The van der Waals surface area contributed by atoms with Gasteiger partial charge in [-0.3, -0.25) is 4.72 Å². The zero-order chi connectivity index (χ0) is 16.5. The third-order valence-corrected chi connectivity index (χ3v) is 6.49. The molecule has 0 aliphatic carbocycles. The summed E-state index contributed by atoms with van der Waals surface area (Å²) in [6.07, 6.45) is 1.05. The Kier molecular flexibility index (Phi) is 4.86. The molecule has 2 aromatic rings. The molecule has 0 heterocycles. The van der Waals surface area contributed by atoms with Gasteiger partial charge in [0, 0.05) is 10.7 Å². The van der Waals surface area contributed by atoms with Gasteiger partial charge in [-0.2, -0.15) is 0 Å². The lowest BCUT2D eigenvalue weighted by Gasteiger charge is -2.09. The molecule has 5 nitrogen and oxygen atoms in total. The normalized spacial score (nSPS) is 12.1. The first-order valence-corrected chi connectivity index (χ1v) is 10.4. The summed E-state index contributed by atoms with van der Waals surface area (Å²) in [4.78, 5) is 0.0112. The van der Waals surface area contributed by atoms with Gasteiger partial charge in [-0.1, -0.05) is 11.6 Å². The second kappa shape index (κ2) is 6.19. The third-order valence-electron chi connectivity index (χ3n) is 2.73. The molecule has 22 heavy (non-hydrogen) atoms. The molecule has 0 bridgehead atoms. The summed E-state index contributed by atoms with van der Waals surface area (Å²) in [5, 5.41) is 0.368. The van der Waals surface area contributed by atoms with Crippen LogP contribution in [0.25, 0.3) is 0 Å². The van der Waals surface area contributed by atoms with Crippen molar-refractivity contribution in [2.24, 2.45) is 0 Å². The van der Waals surface area contributed by atoms with Crippen LogP contribution in [0.1, 0.15) is 0 Å². The molecule has 0 fully saturated rings. The van der Waals surface area contributed by atoms with E-state index in [-0.39, 0.29) is 9.79 Å². The number of sulfone groups is 1. The van der Waals surface area contributed by atoms with Gasteiger partial charge in [0.25, 0.3) is 10.0 Å². The fourth-order valence-electron chi connectivity index (χ4n) is 1.64. The Hall–Kier alpha value is -1.09. The molecule has 0 amide bonds. The summed E-state index contributed by atoms with van der Waals surface area (Å²) in [5.74, 6) is 0. The van der Waals surface area contributed by atoms with Crippen LogP contribution in [-0.2, 0) is 19.9 Å². The van der Waals surface area contributed by atoms with Crippen LogP contribution in [0.15, 0.2) is 56.7 Å². The molecule has 0 saturated heterocycles. The Labute approximate surface area is 142 Å². The minimum Gasteiger partial charge on any atom is -0.280 e. The van der Waals surface area contributed by atoms with Crippen LogP contribution in [0.5, 0.6) is 0 Å². The van der Waals surface area contributed by atoms with Crippen molar-refractivity contribution in [1.82, 2.24) is 0 Å². The highest BCUT2D eigenvalue weighted by Gasteiger charge is 2.16. The number of hydrogen-bond acceptors (Lipinski definition) is 4. The molecule has 9 heteroatoms. The van der Waals surface area contributed by atoms with Gasteiger partial charge < -0.3 is 0 Å². The van der Waals surface area contributed by atoms with Gasteiger partial charge in [0.2, 0.25) is 0 Å². The number of hydrogen-bond donors (Lipinski definition) is 1. The SMILES string of the molecule is CS(=O)(=O)c1ccc(S(=O)(=O)Nc2ccc(Br)c(Cl)c2)cc1. The van der Waals surface area contributed by atoms with Crippen LogP contribution in [-0.4, -0.2) is 23.1 Å². The average molecular weight is 425 g/mol. The summed E-state index contributed by atoms with van der Waals surface area (Å²) < 4.78 is 50.3. The molecule has 2 rings (SSSR count). The van der Waals surface area contributed by atoms with Crippen molar-refractivity contribution >= 4 is 53.1 Å². The van der Waals surface area contributed by atoms with E-state index < -0.39 is 19.9 Å². The van der Waals surface area contributed by atoms with Crippen molar-refractivity contribution < 1.29 is 16.8 Å². The van der Waals surface area contributed by atoms with E-state index >= 15 is 0 Å². The minimum atomic E-state index is -3.82. The van der Waals surface area contributed by atoms with Crippen LogP contribution < -0.4 is 4.72 Å². The highest BCUT2D eigenvalue weighted by molar-refractivity contribution is 9.10. The maximum atomic E-state index is 12.2. The fourth-order valence-corrected chi connectivity index (χ4v) is 3.75. The lowest BCUT2D eigenvalue weighted by atomic mass is 10.3. The highest BCUT2D eigenvalue weighted by atomic mass is 79.9. The van der Waals surface area contributed by atoms with E-state index in [0.29, 0.717) is 15.2 Å². The number of anilines is 1. The number of benzene rings is 2. The Morgan fingerprint density at radius 1 is 0.955 bits per heavy atom. The van der Waals surface area contributed by atoms with Crippen molar-refractivity contribution in [3.63, 3.8) is 0 Å². The molecule has 0 aliphatic rings.